The number of piperidine rings is 1. The standard InChI is InChI=1S/C32H32F6N2O4/c1-42-24-12-19(13-25(15-24)43-2)17-39-29(41)26-16-30(21-6-4-3-5-7-21)28(9-8-27(26)40-30)44-18-20-10-22(31(33,34)35)14-23(11-20)32(36,37)38/h3-7,10-15,26-28,40H,8-9,16-18H2,1-2H3,(H,39,41). The van der Waals surface area contributed by atoms with E-state index in [1.54, 1.807) is 18.2 Å². The quantitative estimate of drug-likeness (QED) is 0.263. The highest BCUT2D eigenvalue weighted by molar-refractivity contribution is 5.80. The van der Waals surface area contributed by atoms with Crippen LogP contribution in [0.4, 0.5) is 26.3 Å². The SMILES string of the molecule is COc1cc(CNC(=O)C2CC3(c4ccccc4)NC2CCC3OCc2cc(C(F)(F)F)cc(C(F)(F)F)c2)cc(OC)c1. The van der Waals surface area contributed by atoms with E-state index in [-0.39, 0.29) is 30.1 Å². The molecule has 0 saturated carbocycles. The smallest absolute Gasteiger partial charge is 0.416 e. The van der Waals surface area contributed by atoms with E-state index in [2.05, 4.69) is 10.6 Å². The summed E-state index contributed by atoms with van der Waals surface area (Å²) in [6, 6.07) is 15.8. The number of hydrogen-bond donors (Lipinski definition) is 2. The molecule has 4 unspecified atom stereocenters. The van der Waals surface area contributed by atoms with Crippen LogP contribution in [0.2, 0.25) is 0 Å². The van der Waals surface area contributed by atoms with E-state index in [9.17, 15) is 31.1 Å². The fraction of sp³-hybridized carbons (Fsp3) is 0.406. The Hall–Kier alpha value is -3.77. The maximum absolute atomic E-state index is 13.5. The number of alkyl halides is 6. The molecule has 2 aliphatic heterocycles. The van der Waals surface area contributed by atoms with Gasteiger partial charge in [-0.05, 0) is 66.3 Å². The molecule has 2 saturated heterocycles. The molecule has 3 aromatic carbocycles. The van der Waals surface area contributed by atoms with Crippen LogP contribution in [0.25, 0.3) is 0 Å². The van der Waals surface area contributed by atoms with E-state index >= 15 is 0 Å². The molecule has 0 aromatic heterocycles. The first-order valence-corrected chi connectivity index (χ1v) is 14.1. The zero-order valence-corrected chi connectivity index (χ0v) is 24.0. The minimum Gasteiger partial charge on any atom is -0.497 e. The molecule has 2 aliphatic rings. The summed E-state index contributed by atoms with van der Waals surface area (Å²) in [7, 11) is 3.07. The predicted octanol–water partition coefficient (Wildman–Crippen LogP) is 6.61. The van der Waals surface area contributed by atoms with Gasteiger partial charge in [0, 0.05) is 18.7 Å². The second-order valence-corrected chi connectivity index (χ2v) is 11.1. The Morgan fingerprint density at radius 3 is 2.05 bits per heavy atom. The summed E-state index contributed by atoms with van der Waals surface area (Å²) in [5, 5.41) is 6.55. The van der Waals surface area contributed by atoms with Gasteiger partial charge in [0.1, 0.15) is 11.5 Å². The summed E-state index contributed by atoms with van der Waals surface area (Å²) in [6.07, 6.45) is -9.22. The predicted molar refractivity (Wildman–Crippen MR) is 149 cm³/mol. The molecule has 0 aliphatic carbocycles. The van der Waals surface area contributed by atoms with Crippen molar-refractivity contribution in [3.8, 4) is 11.5 Å². The van der Waals surface area contributed by atoms with Crippen LogP contribution >= 0.6 is 0 Å². The van der Waals surface area contributed by atoms with E-state index in [0.717, 1.165) is 11.1 Å². The lowest BCUT2D eigenvalue weighted by atomic mass is 9.80. The van der Waals surface area contributed by atoms with Gasteiger partial charge >= 0.3 is 12.4 Å². The first kappa shape index (κ1) is 31.6. The van der Waals surface area contributed by atoms with Crippen molar-refractivity contribution in [2.45, 2.75) is 62.5 Å². The zero-order valence-electron chi connectivity index (χ0n) is 24.0. The minimum atomic E-state index is -4.96. The Labute approximate surface area is 250 Å². The molecule has 4 atom stereocenters. The molecule has 236 valence electrons. The van der Waals surface area contributed by atoms with Gasteiger partial charge in [-0.25, -0.2) is 0 Å². The van der Waals surface area contributed by atoms with E-state index in [1.807, 2.05) is 30.3 Å². The Bertz CT molecular complexity index is 1430. The van der Waals surface area contributed by atoms with Gasteiger partial charge in [0.2, 0.25) is 5.91 Å². The van der Waals surface area contributed by atoms with Crippen LogP contribution in [-0.4, -0.2) is 32.3 Å². The fourth-order valence-corrected chi connectivity index (χ4v) is 6.27. The highest BCUT2D eigenvalue weighted by atomic mass is 19.4. The van der Waals surface area contributed by atoms with E-state index < -0.39 is 47.6 Å². The molecule has 2 N–H and O–H groups in total. The number of carbonyl (C=O) groups excluding carboxylic acids is 1. The maximum atomic E-state index is 13.5. The monoisotopic (exact) mass is 622 g/mol. The zero-order chi connectivity index (χ0) is 31.7. The first-order chi connectivity index (χ1) is 20.8. The van der Waals surface area contributed by atoms with Crippen molar-refractivity contribution < 1.29 is 45.3 Å². The molecule has 2 fully saturated rings. The van der Waals surface area contributed by atoms with Crippen molar-refractivity contribution in [3.63, 3.8) is 0 Å². The van der Waals surface area contributed by atoms with Gasteiger partial charge in [0.15, 0.2) is 0 Å². The lowest BCUT2D eigenvalue weighted by Gasteiger charge is -2.42. The number of halogens is 6. The van der Waals surface area contributed by atoms with Crippen molar-refractivity contribution in [2.24, 2.45) is 5.92 Å². The molecule has 1 amide bonds. The summed E-state index contributed by atoms with van der Waals surface area (Å²) in [6.45, 7) is -0.238. The van der Waals surface area contributed by atoms with Gasteiger partial charge < -0.3 is 24.8 Å². The van der Waals surface area contributed by atoms with Crippen LogP contribution < -0.4 is 20.1 Å². The Morgan fingerprint density at radius 1 is 0.864 bits per heavy atom. The molecule has 5 rings (SSSR count). The molecule has 0 radical (unpaired) electrons. The summed E-state index contributed by atoms with van der Waals surface area (Å²) in [4.78, 5) is 13.5. The first-order valence-electron chi connectivity index (χ1n) is 14.1. The Balaban J connectivity index is 1.37. The van der Waals surface area contributed by atoms with Crippen molar-refractivity contribution in [3.05, 3.63) is 94.5 Å². The number of amides is 1. The average Bonchev–Trinajstić information content (AvgIpc) is 3.32. The van der Waals surface area contributed by atoms with Crippen molar-refractivity contribution in [2.75, 3.05) is 14.2 Å². The summed E-state index contributed by atoms with van der Waals surface area (Å²) >= 11 is 0. The molecule has 2 heterocycles. The van der Waals surface area contributed by atoms with Gasteiger partial charge in [-0.2, -0.15) is 26.3 Å². The highest BCUT2D eigenvalue weighted by Gasteiger charge is 2.56. The molecule has 6 nitrogen and oxygen atoms in total. The highest BCUT2D eigenvalue weighted by Crippen LogP contribution is 2.48. The number of carbonyl (C=O) groups is 1. The van der Waals surface area contributed by atoms with Crippen molar-refractivity contribution in [1.82, 2.24) is 10.6 Å². The van der Waals surface area contributed by atoms with Crippen LogP contribution in [-0.2, 0) is 40.6 Å². The Kier molecular flexibility index (Phi) is 8.86. The lowest BCUT2D eigenvalue weighted by Crippen LogP contribution is -2.54. The summed E-state index contributed by atoms with van der Waals surface area (Å²) in [5.41, 5.74) is -2.30. The second-order valence-electron chi connectivity index (χ2n) is 11.1. The number of methoxy groups -OCH3 is 2. The average molecular weight is 623 g/mol. The van der Waals surface area contributed by atoms with Crippen molar-refractivity contribution >= 4 is 5.91 Å². The number of ether oxygens (including phenoxy) is 3. The van der Waals surface area contributed by atoms with Crippen LogP contribution in [0.15, 0.2) is 66.7 Å². The van der Waals surface area contributed by atoms with Crippen LogP contribution in [0.3, 0.4) is 0 Å². The van der Waals surface area contributed by atoms with Gasteiger partial charge in [-0.1, -0.05) is 30.3 Å². The molecule has 3 aromatic rings. The fourth-order valence-electron chi connectivity index (χ4n) is 6.27. The van der Waals surface area contributed by atoms with E-state index in [4.69, 9.17) is 14.2 Å². The molecular formula is C32H32F6N2O4. The van der Waals surface area contributed by atoms with E-state index in [0.29, 0.717) is 42.9 Å². The third-order valence-electron chi connectivity index (χ3n) is 8.36. The molecule has 2 bridgehead atoms. The number of hydrogen-bond acceptors (Lipinski definition) is 5. The minimum absolute atomic E-state index is 0.101. The normalized spacial score (nSPS) is 23.3. The van der Waals surface area contributed by atoms with Gasteiger partial charge in [-0.15, -0.1) is 0 Å². The van der Waals surface area contributed by atoms with Crippen LogP contribution in [0.5, 0.6) is 11.5 Å². The molecule has 44 heavy (non-hydrogen) atoms. The number of benzene rings is 3. The topological polar surface area (TPSA) is 68.8 Å². The number of nitrogens with one attached hydrogen (secondary N) is 2. The molecule has 12 heteroatoms. The maximum Gasteiger partial charge on any atom is 0.416 e. The van der Waals surface area contributed by atoms with Crippen LogP contribution in [0.1, 0.15) is 47.1 Å². The van der Waals surface area contributed by atoms with Gasteiger partial charge in [0.05, 0.1) is 49.5 Å². The Morgan fingerprint density at radius 2 is 1.48 bits per heavy atom. The summed E-state index contributed by atoms with van der Waals surface area (Å²) in [5.74, 6) is 0.522. The lowest BCUT2D eigenvalue weighted by molar-refractivity contribution is -0.143. The van der Waals surface area contributed by atoms with Gasteiger partial charge in [0.25, 0.3) is 0 Å². The third-order valence-corrected chi connectivity index (χ3v) is 8.36. The summed E-state index contributed by atoms with van der Waals surface area (Å²) < 4.78 is 97.4. The molecular weight excluding hydrogens is 590 g/mol. The number of fused-ring (bicyclic) bond motifs is 2. The van der Waals surface area contributed by atoms with Gasteiger partial charge in [-0.3, -0.25) is 4.79 Å². The number of rotatable bonds is 9. The molecule has 0 spiro atoms. The van der Waals surface area contributed by atoms with Crippen molar-refractivity contribution in [1.29, 1.82) is 0 Å². The van der Waals surface area contributed by atoms with E-state index in [1.165, 1.54) is 14.2 Å². The second kappa shape index (κ2) is 12.3. The largest absolute Gasteiger partial charge is 0.497 e. The third kappa shape index (κ3) is 6.66. The van der Waals surface area contributed by atoms with Crippen LogP contribution in [0, 0.1) is 5.92 Å².